The van der Waals surface area contributed by atoms with Crippen LogP contribution >= 0.6 is 0 Å². The molecule has 0 unspecified atom stereocenters. The zero-order valence-corrected chi connectivity index (χ0v) is 14.5. The SMILES string of the molecule is O=C1CNCCN1Cc1ccc(-c2cc(C(F)(F)F)cc(C(F)(F)F)c2)cc1. The van der Waals surface area contributed by atoms with Gasteiger partial charge in [-0.15, -0.1) is 0 Å². The van der Waals surface area contributed by atoms with Crippen molar-refractivity contribution in [3.8, 4) is 11.1 Å². The number of piperazine rings is 1. The van der Waals surface area contributed by atoms with Gasteiger partial charge in [-0.1, -0.05) is 24.3 Å². The summed E-state index contributed by atoms with van der Waals surface area (Å²) in [5.41, 5.74) is -1.92. The van der Waals surface area contributed by atoms with Crippen LogP contribution in [0.25, 0.3) is 11.1 Å². The molecule has 0 spiro atoms. The van der Waals surface area contributed by atoms with E-state index in [2.05, 4.69) is 5.32 Å². The van der Waals surface area contributed by atoms with Crippen molar-refractivity contribution in [2.75, 3.05) is 19.6 Å². The minimum absolute atomic E-state index is 0.0666. The summed E-state index contributed by atoms with van der Waals surface area (Å²) in [6.45, 7) is 1.76. The van der Waals surface area contributed by atoms with Crippen LogP contribution in [0.15, 0.2) is 42.5 Å². The summed E-state index contributed by atoms with van der Waals surface area (Å²) in [5.74, 6) is -0.0666. The van der Waals surface area contributed by atoms with Crippen molar-refractivity contribution in [3.05, 3.63) is 59.2 Å². The Labute approximate surface area is 157 Å². The van der Waals surface area contributed by atoms with Crippen molar-refractivity contribution >= 4 is 5.91 Å². The van der Waals surface area contributed by atoms with Crippen molar-refractivity contribution < 1.29 is 31.1 Å². The highest BCUT2D eigenvalue weighted by atomic mass is 19.4. The lowest BCUT2D eigenvalue weighted by atomic mass is 9.98. The minimum atomic E-state index is -4.89. The van der Waals surface area contributed by atoms with Crippen LogP contribution in [0.1, 0.15) is 16.7 Å². The van der Waals surface area contributed by atoms with Crippen LogP contribution in [0, 0.1) is 0 Å². The topological polar surface area (TPSA) is 32.3 Å². The molecule has 0 aliphatic carbocycles. The lowest BCUT2D eigenvalue weighted by Gasteiger charge is -2.27. The predicted octanol–water partition coefficient (Wildman–Crippen LogP) is 4.32. The van der Waals surface area contributed by atoms with Gasteiger partial charge in [-0.05, 0) is 34.9 Å². The molecule has 3 nitrogen and oxygen atoms in total. The van der Waals surface area contributed by atoms with Crippen molar-refractivity contribution in [2.45, 2.75) is 18.9 Å². The zero-order valence-electron chi connectivity index (χ0n) is 14.5. The van der Waals surface area contributed by atoms with E-state index in [1.807, 2.05) is 0 Å². The number of nitrogens with one attached hydrogen (secondary N) is 1. The van der Waals surface area contributed by atoms with E-state index >= 15 is 0 Å². The van der Waals surface area contributed by atoms with Crippen LogP contribution in [-0.4, -0.2) is 30.4 Å². The number of carbonyl (C=O) groups is 1. The third-order valence-electron chi connectivity index (χ3n) is 4.44. The first-order valence-corrected chi connectivity index (χ1v) is 8.41. The standard InChI is InChI=1S/C19H16F6N2O/c20-18(21,22)15-7-14(8-16(9-15)19(23,24)25)13-3-1-12(2-4-13)11-27-6-5-26-10-17(27)28/h1-4,7-9,26H,5-6,10-11H2. The van der Waals surface area contributed by atoms with E-state index in [1.54, 1.807) is 17.0 Å². The molecule has 0 bridgehead atoms. The monoisotopic (exact) mass is 402 g/mol. The van der Waals surface area contributed by atoms with Crippen molar-refractivity contribution in [1.29, 1.82) is 0 Å². The number of nitrogens with zero attached hydrogens (tertiary/aromatic N) is 1. The molecule has 1 aliphatic heterocycles. The number of benzene rings is 2. The van der Waals surface area contributed by atoms with Crippen LogP contribution in [-0.2, 0) is 23.7 Å². The van der Waals surface area contributed by atoms with Gasteiger partial charge in [0.05, 0.1) is 17.7 Å². The molecule has 0 radical (unpaired) electrons. The number of halogens is 6. The molecule has 1 fully saturated rings. The van der Waals surface area contributed by atoms with E-state index < -0.39 is 23.5 Å². The zero-order chi connectivity index (χ0) is 20.5. The van der Waals surface area contributed by atoms with Gasteiger partial charge in [0.25, 0.3) is 0 Å². The van der Waals surface area contributed by atoms with Crippen LogP contribution in [0.4, 0.5) is 26.3 Å². The summed E-state index contributed by atoms with van der Waals surface area (Å²) in [6.07, 6.45) is -9.78. The summed E-state index contributed by atoms with van der Waals surface area (Å²) >= 11 is 0. The lowest BCUT2D eigenvalue weighted by molar-refractivity contribution is -0.143. The number of rotatable bonds is 3. The molecule has 1 N–H and O–H groups in total. The highest BCUT2D eigenvalue weighted by Gasteiger charge is 2.37. The van der Waals surface area contributed by atoms with Crippen LogP contribution < -0.4 is 5.32 Å². The highest BCUT2D eigenvalue weighted by molar-refractivity contribution is 5.79. The molecule has 1 heterocycles. The van der Waals surface area contributed by atoms with Gasteiger partial charge in [-0.25, -0.2) is 0 Å². The Balaban J connectivity index is 1.89. The van der Waals surface area contributed by atoms with Gasteiger partial charge < -0.3 is 10.2 Å². The molecule has 1 amide bonds. The van der Waals surface area contributed by atoms with E-state index in [4.69, 9.17) is 0 Å². The van der Waals surface area contributed by atoms with Gasteiger partial charge in [-0.2, -0.15) is 26.3 Å². The summed E-state index contributed by atoms with van der Waals surface area (Å²) in [5, 5.41) is 2.94. The molecule has 28 heavy (non-hydrogen) atoms. The third-order valence-corrected chi connectivity index (χ3v) is 4.44. The van der Waals surface area contributed by atoms with Gasteiger partial charge in [0.1, 0.15) is 0 Å². The first-order chi connectivity index (χ1) is 13.0. The van der Waals surface area contributed by atoms with E-state index in [9.17, 15) is 31.1 Å². The summed E-state index contributed by atoms with van der Waals surface area (Å²) < 4.78 is 78.0. The molecule has 1 aliphatic rings. The molecule has 2 aromatic rings. The second kappa shape index (κ2) is 7.46. The Hall–Kier alpha value is -2.55. The summed E-state index contributed by atoms with van der Waals surface area (Å²) in [7, 11) is 0. The highest BCUT2D eigenvalue weighted by Crippen LogP contribution is 2.38. The van der Waals surface area contributed by atoms with Crippen molar-refractivity contribution in [1.82, 2.24) is 10.2 Å². The van der Waals surface area contributed by atoms with Gasteiger partial charge in [0, 0.05) is 19.6 Å². The van der Waals surface area contributed by atoms with Crippen molar-refractivity contribution in [2.24, 2.45) is 0 Å². The largest absolute Gasteiger partial charge is 0.416 e. The quantitative estimate of drug-likeness (QED) is 0.776. The maximum atomic E-state index is 13.0. The van der Waals surface area contributed by atoms with Gasteiger partial charge in [0.15, 0.2) is 0 Å². The molecular formula is C19H16F6N2O. The van der Waals surface area contributed by atoms with Gasteiger partial charge >= 0.3 is 12.4 Å². The van der Waals surface area contributed by atoms with Gasteiger partial charge in [-0.3, -0.25) is 4.79 Å². The molecule has 2 aromatic carbocycles. The smallest absolute Gasteiger partial charge is 0.336 e. The Morgan fingerprint density at radius 2 is 1.43 bits per heavy atom. The molecule has 1 saturated heterocycles. The number of hydrogen-bond donors (Lipinski definition) is 1. The van der Waals surface area contributed by atoms with E-state index in [0.29, 0.717) is 31.8 Å². The van der Waals surface area contributed by atoms with E-state index in [1.165, 1.54) is 12.1 Å². The molecular weight excluding hydrogens is 386 g/mol. The van der Waals surface area contributed by atoms with Crippen LogP contribution in [0.5, 0.6) is 0 Å². The summed E-state index contributed by atoms with van der Waals surface area (Å²) in [6, 6.07) is 7.60. The normalized spacial score (nSPS) is 15.8. The van der Waals surface area contributed by atoms with E-state index in [-0.39, 0.29) is 29.6 Å². The Morgan fingerprint density at radius 1 is 0.857 bits per heavy atom. The van der Waals surface area contributed by atoms with Gasteiger partial charge in [0.2, 0.25) is 5.91 Å². The third kappa shape index (κ3) is 4.64. The second-order valence-corrected chi connectivity index (χ2v) is 6.48. The first-order valence-electron chi connectivity index (χ1n) is 8.41. The molecule has 3 rings (SSSR count). The number of alkyl halides is 6. The number of carbonyl (C=O) groups excluding carboxylic acids is 1. The fourth-order valence-electron chi connectivity index (χ4n) is 2.96. The van der Waals surface area contributed by atoms with Crippen LogP contribution in [0.2, 0.25) is 0 Å². The molecule has 0 aromatic heterocycles. The molecule has 9 heteroatoms. The fraction of sp³-hybridized carbons (Fsp3) is 0.316. The molecule has 0 saturated carbocycles. The Kier molecular flexibility index (Phi) is 5.38. The fourth-order valence-corrected chi connectivity index (χ4v) is 2.96. The lowest BCUT2D eigenvalue weighted by Crippen LogP contribution is -2.47. The predicted molar refractivity (Wildman–Crippen MR) is 90.2 cm³/mol. The maximum Gasteiger partial charge on any atom is 0.416 e. The van der Waals surface area contributed by atoms with E-state index in [0.717, 1.165) is 5.56 Å². The number of amides is 1. The van der Waals surface area contributed by atoms with Crippen molar-refractivity contribution in [3.63, 3.8) is 0 Å². The Bertz CT molecular complexity index is 826. The molecule has 150 valence electrons. The molecule has 0 atom stereocenters. The number of hydrogen-bond acceptors (Lipinski definition) is 2. The minimum Gasteiger partial charge on any atom is -0.336 e. The average Bonchev–Trinajstić information content (AvgIpc) is 2.62. The average molecular weight is 402 g/mol. The van der Waals surface area contributed by atoms with Crippen LogP contribution in [0.3, 0.4) is 0 Å². The Morgan fingerprint density at radius 3 is 1.93 bits per heavy atom. The first kappa shape index (κ1) is 20.2. The summed E-state index contributed by atoms with van der Waals surface area (Å²) in [4.78, 5) is 13.4. The second-order valence-electron chi connectivity index (χ2n) is 6.48. The maximum absolute atomic E-state index is 13.0.